The number of rotatable bonds is 2. The van der Waals surface area contributed by atoms with Crippen molar-refractivity contribution in [2.45, 2.75) is 13.8 Å². The topological polar surface area (TPSA) is 30.0 Å². The van der Waals surface area contributed by atoms with Gasteiger partial charge in [0.2, 0.25) is 0 Å². The van der Waals surface area contributed by atoms with Crippen LogP contribution in [0.1, 0.15) is 27.0 Å². The normalized spacial score (nSPS) is 10.3. The number of hydrogen-bond acceptors (Lipinski definition) is 2. The lowest BCUT2D eigenvalue weighted by Gasteiger charge is -2.03. The molecule has 17 heavy (non-hydrogen) atoms. The van der Waals surface area contributed by atoms with Gasteiger partial charge in [0, 0.05) is 23.5 Å². The zero-order chi connectivity index (χ0) is 12.4. The minimum Gasteiger partial charge on any atom is -0.289 e. The number of hydrogen-bond donors (Lipinski definition) is 0. The molecule has 0 aliphatic carbocycles. The fraction of sp³-hybridized carbons (Fsp3) is 0.143. The van der Waals surface area contributed by atoms with Crippen molar-refractivity contribution in [2.75, 3.05) is 0 Å². The number of halogens is 1. The second-order valence-electron chi connectivity index (χ2n) is 4.04. The van der Waals surface area contributed by atoms with Crippen molar-refractivity contribution in [3.8, 4) is 0 Å². The monoisotopic (exact) mass is 229 g/mol. The van der Waals surface area contributed by atoms with E-state index in [4.69, 9.17) is 0 Å². The van der Waals surface area contributed by atoms with E-state index in [1.807, 2.05) is 6.92 Å². The lowest BCUT2D eigenvalue weighted by atomic mass is 10.0. The van der Waals surface area contributed by atoms with Gasteiger partial charge in [-0.05, 0) is 37.1 Å². The van der Waals surface area contributed by atoms with Crippen LogP contribution in [0, 0.1) is 19.7 Å². The van der Waals surface area contributed by atoms with Crippen LogP contribution in [-0.4, -0.2) is 10.8 Å². The Morgan fingerprint density at radius 2 is 1.88 bits per heavy atom. The molecular formula is C14H12FNO. The molecule has 1 aromatic carbocycles. The maximum atomic E-state index is 13.4. The van der Waals surface area contributed by atoms with Gasteiger partial charge in [0.25, 0.3) is 0 Å². The molecule has 1 aromatic heterocycles. The third-order valence-corrected chi connectivity index (χ3v) is 2.57. The molecular weight excluding hydrogens is 217 g/mol. The van der Waals surface area contributed by atoms with Crippen molar-refractivity contribution in [1.29, 1.82) is 0 Å². The summed E-state index contributed by atoms with van der Waals surface area (Å²) in [5.41, 5.74) is 2.26. The molecule has 2 aromatic rings. The van der Waals surface area contributed by atoms with Crippen molar-refractivity contribution < 1.29 is 9.18 Å². The van der Waals surface area contributed by atoms with Crippen LogP contribution in [0.25, 0.3) is 0 Å². The zero-order valence-corrected chi connectivity index (χ0v) is 9.70. The number of nitrogens with zero attached hydrogens (tertiary/aromatic N) is 1. The highest BCUT2D eigenvalue weighted by Gasteiger charge is 2.11. The first-order valence-electron chi connectivity index (χ1n) is 5.30. The van der Waals surface area contributed by atoms with Crippen molar-refractivity contribution in [1.82, 2.24) is 4.98 Å². The maximum absolute atomic E-state index is 13.4. The summed E-state index contributed by atoms with van der Waals surface area (Å²) in [6, 6.07) is 6.24. The smallest absolute Gasteiger partial charge is 0.194 e. The third-order valence-electron chi connectivity index (χ3n) is 2.57. The Morgan fingerprint density at radius 1 is 1.12 bits per heavy atom. The van der Waals surface area contributed by atoms with Crippen LogP contribution in [-0.2, 0) is 0 Å². The summed E-state index contributed by atoms with van der Waals surface area (Å²) in [6.45, 7) is 3.53. The summed E-state index contributed by atoms with van der Waals surface area (Å²) in [4.78, 5) is 16.0. The van der Waals surface area contributed by atoms with Gasteiger partial charge in [0.05, 0.1) is 0 Å². The van der Waals surface area contributed by atoms with Gasteiger partial charge >= 0.3 is 0 Å². The van der Waals surface area contributed by atoms with Gasteiger partial charge in [0.1, 0.15) is 5.82 Å². The van der Waals surface area contributed by atoms with Gasteiger partial charge in [0.15, 0.2) is 5.78 Å². The van der Waals surface area contributed by atoms with Crippen LogP contribution in [0.2, 0.25) is 0 Å². The Balaban J connectivity index is 2.40. The zero-order valence-electron chi connectivity index (χ0n) is 9.70. The summed E-state index contributed by atoms with van der Waals surface area (Å²) >= 11 is 0. The second kappa shape index (κ2) is 4.45. The van der Waals surface area contributed by atoms with Crippen LogP contribution in [0.4, 0.5) is 4.39 Å². The van der Waals surface area contributed by atoms with Gasteiger partial charge in [-0.3, -0.25) is 9.78 Å². The predicted molar refractivity (Wildman–Crippen MR) is 63.5 cm³/mol. The number of ketones is 1. The van der Waals surface area contributed by atoms with E-state index in [2.05, 4.69) is 4.98 Å². The summed E-state index contributed by atoms with van der Waals surface area (Å²) in [7, 11) is 0. The van der Waals surface area contributed by atoms with Crippen molar-refractivity contribution in [2.24, 2.45) is 0 Å². The molecule has 0 saturated carbocycles. The summed E-state index contributed by atoms with van der Waals surface area (Å²) in [5.74, 6) is -0.573. The molecule has 0 aliphatic heterocycles. The van der Waals surface area contributed by atoms with E-state index in [0.29, 0.717) is 16.7 Å². The average molecular weight is 229 g/mol. The molecule has 0 saturated heterocycles. The van der Waals surface area contributed by atoms with Crippen LogP contribution in [0.15, 0.2) is 36.7 Å². The summed E-state index contributed by atoms with van der Waals surface area (Å²) in [5, 5.41) is 0. The molecule has 2 rings (SSSR count). The fourth-order valence-electron chi connectivity index (χ4n) is 1.58. The van der Waals surface area contributed by atoms with E-state index >= 15 is 0 Å². The molecule has 0 spiro atoms. The molecule has 0 fully saturated rings. The summed E-state index contributed by atoms with van der Waals surface area (Å²) < 4.78 is 13.4. The van der Waals surface area contributed by atoms with Crippen LogP contribution < -0.4 is 0 Å². The minimum absolute atomic E-state index is 0.208. The number of aryl methyl sites for hydroxylation is 2. The number of carbonyl (C=O) groups is 1. The van der Waals surface area contributed by atoms with Gasteiger partial charge < -0.3 is 0 Å². The highest BCUT2D eigenvalue weighted by Crippen LogP contribution is 2.14. The second-order valence-corrected chi connectivity index (χ2v) is 4.04. The quantitative estimate of drug-likeness (QED) is 0.741. The maximum Gasteiger partial charge on any atom is 0.194 e. The van der Waals surface area contributed by atoms with Gasteiger partial charge in [-0.1, -0.05) is 12.1 Å². The highest BCUT2D eigenvalue weighted by molar-refractivity contribution is 6.08. The van der Waals surface area contributed by atoms with Crippen molar-refractivity contribution >= 4 is 5.78 Å². The molecule has 0 unspecified atom stereocenters. The molecule has 0 atom stereocenters. The van der Waals surface area contributed by atoms with Crippen molar-refractivity contribution in [3.63, 3.8) is 0 Å². The lowest BCUT2D eigenvalue weighted by Crippen LogP contribution is -2.03. The van der Waals surface area contributed by atoms with Crippen LogP contribution in [0.5, 0.6) is 0 Å². The fourth-order valence-corrected chi connectivity index (χ4v) is 1.58. The molecule has 3 heteroatoms. The number of benzene rings is 1. The van der Waals surface area contributed by atoms with Gasteiger partial charge in [-0.25, -0.2) is 4.39 Å². The predicted octanol–water partition coefficient (Wildman–Crippen LogP) is 3.07. The highest BCUT2D eigenvalue weighted by atomic mass is 19.1. The third kappa shape index (κ3) is 2.38. The molecule has 0 bridgehead atoms. The van der Waals surface area contributed by atoms with E-state index in [1.165, 1.54) is 12.3 Å². The number of pyridine rings is 1. The number of carbonyl (C=O) groups excluding carboxylic acids is 1. The van der Waals surface area contributed by atoms with E-state index in [-0.39, 0.29) is 11.6 Å². The van der Waals surface area contributed by atoms with Crippen LogP contribution in [0.3, 0.4) is 0 Å². The van der Waals surface area contributed by atoms with Gasteiger partial charge in [-0.2, -0.15) is 0 Å². The first-order chi connectivity index (χ1) is 8.08. The van der Waals surface area contributed by atoms with E-state index in [9.17, 15) is 9.18 Å². The SMILES string of the molecule is Cc1cncc(C(=O)c2ccc(C)c(F)c2)c1. The van der Waals surface area contributed by atoms with E-state index in [0.717, 1.165) is 5.56 Å². The Kier molecular flexibility index (Phi) is 3.00. The first kappa shape index (κ1) is 11.5. The largest absolute Gasteiger partial charge is 0.289 e. The average Bonchev–Trinajstić information content (AvgIpc) is 2.32. The Morgan fingerprint density at radius 3 is 2.53 bits per heavy atom. The van der Waals surface area contributed by atoms with E-state index < -0.39 is 0 Å². The standard InChI is InChI=1S/C14H12FNO/c1-9-5-12(8-16-7-9)14(17)11-4-3-10(2)13(15)6-11/h3-8H,1-2H3. The Bertz CT molecular complexity index is 578. The molecule has 0 aliphatic rings. The first-order valence-corrected chi connectivity index (χ1v) is 5.30. The molecule has 2 nitrogen and oxygen atoms in total. The molecule has 0 radical (unpaired) electrons. The lowest BCUT2D eigenvalue weighted by molar-refractivity contribution is 0.103. The van der Waals surface area contributed by atoms with Crippen LogP contribution >= 0.6 is 0 Å². The molecule has 0 amide bonds. The van der Waals surface area contributed by atoms with Crippen molar-refractivity contribution in [3.05, 3.63) is 64.7 Å². The number of aromatic nitrogens is 1. The molecule has 0 N–H and O–H groups in total. The minimum atomic E-state index is -0.364. The molecule has 1 heterocycles. The summed E-state index contributed by atoms with van der Waals surface area (Å²) in [6.07, 6.45) is 3.17. The Labute approximate surface area is 99.1 Å². The van der Waals surface area contributed by atoms with E-state index in [1.54, 1.807) is 31.3 Å². The molecule has 86 valence electrons. The Hall–Kier alpha value is -2.03. The van der Waals surface area contributed by atoms with Gasteiger partial charge in [-0.15, -0.1) is 0 Å².